The van der Waals surface area contributed by atoms with E-state index in [1.54, 1.807) is 44.2 Å². The van der Waals surface area contributed by atoms with Crippen LogP contribution in [0.3, 0.4) is 0 Å². The Balaban J connectivity index is 2.22. The van der Waals surface area contributed by atoms with Crippen LogP contribution in [0.1, 0.15) is 51.2 Å². The minimum absolute atomic E-state index is 0.0264. The fraction of sp³-hybridized carbons (Fsp3) is 0.462. The van der Waals surface area contributed by atoms with Gasteiger partial charge in [-0.25, -0.2) is 8.42 Å². The van der Waals surface area contributed by atoms with E-state index < -0.39 is 16.1 Å². The summed E-state index contributed by atoms with van der Waals surface area (Å²) >= 11 is 12.4. The lowest BCUT2D eigenvalue weighted by atomic mass is 10.1. The molecule has 2 amide bonds. The number of benzene rings is 2. The van der Waals surface area contributed by atoms with Crippen molar-refractivity contribution in [1.29, 1.82) is 0 Å². The zero-order chi connectivity index (χ0) is 27.0. The molecular formula is C26H35Cl2N3O4S. The quantitative estimate of drug-likeness (QED) is 0.391. The Morgan fingerprint density at radius 3 is 2.36 bits per heavy atom. The third-order valence-corrected chi connectivity index (χ3v) is 7.84. The molecule has 36 heavy (non-hydrogen) atoms. The van der Waals surface area contributed by atoms with E-state index in [1.165, 1.54) is 9.21 Å². The summed E-state index contributed by atoms with van der Waals surface area (Å²) in [6.07, 6.45) is 2.20. The van der Waals surface area contributed by atoms with Gasteiger partial charge in [-0.1, -0.05) is 54.4 Å². The van der Waals surface area contributed by atoms with Gasteiger partial charge in [0.1, 0.15) is 6.04 Å². The number of amides is 2. The second kappa shape index (κ2) is 13.3. The molecule has 0 heterocycles. The first-order valence-corrected chi connectivity index (χ1v) is 14.5. The zero-order valence-corrected chi connectivity index (χ0v) is 23.8. The lowest BCUT2D eigenvalue weighted by Gasteiger charge is -2.30. The van der Waals surface area contributed by atoms with Crippen molar-refractivity contribution in [3.63, 3.8) is 0 Å². The fourth-order valence-electron chi connectivity index (χ4n) is 3.69. The molecule has 1 N–H and O–H groups in total. The van der Waals surface area contributed by atoms with Crippen LogP contribution in [0.5, 0.6) is 0 Å². The number of hydrogen-bond acceptors (Lipinski definition) is 4. The van der Waals surface area contributed by atoms with Crippen LogP contribution in [0, 0.1) is 6.92 Å². The first-order valence-electron chi connectivity index (χ1n) is 11.9. The van der Waals surface area contributed by atoms with Crippen LogP contribution >= 0.6 is 23.2 Å². The van der Waals surface area contributed by atoms with Gasteiger partial charge in [0.25, 0.3) is 0 Å². The maximum atomic E-state index is 13.4. The number of nitrogens with zero attached hydrogens (tertiary/aromatic N) is 2. The van der Waals surface area contributed by atoms with Crippen molar-refractivity contribution < 1.29 is 18.0 Å². The molecule has 0 aromatic heterocycles. The molecule has 0 fully saturated rings. The van der Waals surface area contributed by atoms with Crippen LogP contribution in [0.2, 0.25) is 10.0 Å². The van der Waals surface area contributed by atoms with Crippen LogP contribution in [-0.4, -0.2) is 50.0 Å². The lowest BCUT2D eigenvalue weighted by molar-refractivity contribution is -0.140. The van der Waals surface area contributed by atoms with Gasteiger partial charge in [-0.2, -0.15) is 0 Å². The van der Waals surface area contributed by atoms with Gasteiger partial charge in [0.2, 0.25) is 21.8 Å². The third-order valence-electron chi connectivity index (χ3n) is 6.06. The number of anilines is 1. The highest BCUT2D eigenvalue weighted by atomic mass is 35.5. The van der Waals surface area contributed by atoms with Crippen LogP contribution in [-0.2, 0) is 26.2 Å². The maximum Gasteiger partial charge on any atom is 0.242 e. The summed E-state index contributed by atoms with van der Waals surface area (Å²) < 4.78 is 26.3. The van der Waals surface area contributed by atoms with Crippen molar-refractivity contribution >= 4 is 50.7 Å². The Morgan fingerprint density at radius 2 is 1.75 bits per heavy atom. The summed E-state index contributed by atoms with van der Waals surface area (Å²) in [4.78, 5) is 27.7. The molecule has 10 heteroatoms. The molecule has 0 aliphatic rings. The van der Waals surface area contributed by atoms with Crippen LogP contribution in [0.25, 0.3) is 0 Å². The number of carbonyl (C=O) groups excluding carboxylic acids is 2. The highest BCUT2D eigenvalue weighted by Gasteiger charge is 2.28. The Morgan fingerprint density at radius 1 is 1.08 bits per heavy atom. The summed E-state index contributed by atoms with van der Waals surface area (Å²) in [6, 6.07) is 11.5. The number of halogens is 2. The van der Waals surface area contributed by atoms with E-state index in [0.717, 1.165) is 23.8 Å². The van der Waals surface area contributed by atoms with Crippen LogP contribution in [0.4, 0.5) is 5.69 Å². The molecule has 2 aromatic rings. The molecular weight excluding hydrogens is 521 g/mol. The van der Waals surface area contributed by atoms with Gasteiger partial charge in [0, 0.05) is 35.6 Å². The van der Waals surface area contributed by atoms with E-state index in [4.69, 9.17) is 23.2 Å². The van der Waals surface area contributed by atoms with Gasteiger partial charge >= 0.3 is 0 Å². The highest BCUT2D eigenvalue weighted by molar-refractivity contribution is 7.92. The lowest BCUT2D eigenvalue weighted by Crippen LogP contribution is -2.49. The number of aryl methyl sites for hydroxylation is 1. The first kappa shape index (κ1) is 29.9. The van der Waals surface area contributed by atoms with Gasteiger partial charge in [-0.15, -0.1) is 0 Å². The average molecular weight is 557 g/mol. The van der Waals surface area contributed by atoms with Crippen molar-refractivity contribution in [2.75, 3.05) is 17.1 Å². The molecule has 198 valence electrons. The molecule has 2 aromatic carbocycles. The fourth-order valence-corrected chi connectivity index (χ4v) is 5.07. The molecule has 0 bridgehead atoms. The third kappa shape index (κ3) is 8.39. The zero-order valence-electron chi connectivity index (χ0n) is 21.4. The summed E-state index contributed by atoms with van der Waals surface area (Å²) in [6.45, 7) is 7.62. The average Bonchev–Trinajstić information content (AvgIpc) is 2.81. The number of hydrogen-bond donors (Lipinski definition) is 1. The van der Waals surface area contributed by atoms with E-state index >= 15 is 0 Å². The van der Waals surface area contributed by atoms with Crippen molar-refractivity contribution in [1.82, 2.24) is 10.2 Å². The van der Waals surface area contributed by atoms with Gasteiger partial charge in [0.15, 0.2) is 0 Å². The molecule has 0 aliphatic heterocycles. The van der Waals surface area contributed by atoms with E-state index in [9.17, 15) is 18.0 Å². The molecule has 0 saturated carbocycles. The van der Waals surface area contributed by atoms with Crippen LogP contribution in [0.15, 0.2) is 42.5 Å². The number of rotatable bonds is 12. The highest BCUT2D eigenvalue weighted by Crippen LogP contribution is 2.27. The predicted octanol–water partition coefficient (Wildman–Crippen LogP) is 5.18. The summed E-state index contributed by atoms with van der Waals surface area (Å²) in [5, 5.41) is 3.85. The molecule has 0 spiro atoms. The summed E-state index contributed by atoms with van der Waals surface area (Å²) in [5.41, 5.74) is 1.96. The van der Waals surface area contributed by atoms with Crippen molar-refractivity contribution in [3.05, 3.63) is 63.6 Å². The number of carbonyl (C=O) groups is 2. The minimum Gasteiger partial charge on any atom is -0.352 e. The van der Waals surface area contributed by atoms with Crippen molar-refractivity contribution in [2.45, 2.75) is 65.6 Å². The predicted molar refractivity (Wildman–Crippen MR) is 147 cm³/mol. The molecule has 0 saturated heterocycles. The Labute approximate surface area is 224 Å². The van der Waals surface area contributed by atoms with Crippen molar-refractivity contribution in [3.8, 4) is 0 Å². The van der Waals surface area contributed by atoms with Gasteiger partial charge in [0.05, 0.1) is 11.9 Å². The molecule has 0 unspecified atom stereocenters. The SMILES string of the molecule is CC[C@@H](C)NC(=O)[C@H](C)N(Cc1ccccc1Cl)C(=O)CCCN(c1cc(Cl)ccc1C)S(C)(=O)=O. The standard InChI is InChI=1S/C26H35Cl2N3O4S/c1-6-19(3)29-26(33)20(4)30(17-21-10-7-8-11-23(21)28)25(32)12-9-15-31(36(5,34)35)24-16-22(27)14-13-18(24)2/h7-8,10-11,13-14,16,19-20H,6,9,12,15,17H2,1-5H3,(H,29,33)/t19-,20+/m1/s1. The molecule has 2 rings (SSSR count). The summed E-state index contributed by atoms with van der Waals surface area (Å²) in [5.74, 6) is -0.518. The Kier molecular flexibility index (Phi) is 11.1. The monoisotopic (exact) mass is 555 g/mol. The van der Waals surface area contributed by atoms with Crippen molar-refractivity contribution in [2.24, 2.45) is 0 Å². The number of sulfonamides is 1. The Hall–Kier alpha value is -2.29. The van der Waals surface area contributed by atoms with E-state index in [2.05, 4.69) is 5.32 Å². The maximum absolute atomic E-state index is 13.4. The van der Waals surface area contributed by atoms with E-state index in [1.807, 2.05) is 26.0 Å². The number of nitrogens with one attached hydrogen (secondary N) is 1. The normalized spacial score (nSPS) is 13.1. The van der Waals surface area contributed by atoms with Gasteiger partial charge in [-0.05, 0) is 62.9 Å². The molecule has 2 atom stereocenters. The van der Waals surface area contributed by atoms with Gasteiger partial charge in [-0.3, -0.25) is 13.9 Å². The smallest absolute Gasteiger partial charge is 0.242 e. The van der Waals surface area contributed by atoms with Crippen LogP contribution < -0.4 is 9.62 Å². The summed E-state index contributed by atoms with van der Waals surface area (Å²) in [7, 11) is -3.61. The second-order valence-electron chi connectivity index (χ2n) is 8.98. The minimum atomic E-state index is -3.61. The van der Waals surface area contributed by atoms with Gasteiger partial charge < -0.3 is 10.2 Å². The molecule has 0 radical (unpaired) electrons. The largest absolute Gasteiger partial charge is 0.352 e. The molecule has 7 nitrogen and oxygen atoms in total. The van der Waals surface area contributed by atoms with E-state index in [-0.39, 0.29) is 43.8 Å². The Bertz CT molecular complexity index is 1170. The van der Waals surface area contributed by atoms with E-state index in [0.29, 0.717) is 15.7 Å². The second-order valence-corrected chi connectivity index (χ2v) is 11.7. The topological polar surface area (TPSA) is 86.8 Å². The first-order chi connectivity index (χ1) is 16.8. The molecule has 0 aliphatic carbocycles.